The second-order valence-electron chi connectivity index (χ2n) is 6.04. The van der Waals surface area contributed by atoms with Gasteiger partial charge in [0.2, 0.25) is 0 Å². The molecule has 1 heteroatoms. The van der Waals surface area contributed by atoms with Gasteiger partial charge in [-0.15, -0.1) is 0 Å². The zero-order valence-corrected chi connectivity index (χ0v) is 15.0. The summed E-state index contributed by atoms with van der Waals surface area (Å²) in [7, 11) is 0. The van der Waals surface area contributed by atoms with Crippen LogP contribution in [-0.4, -0.2) is 18.4 Å². The molecule has 17 heavy (non-hydrogen) atoms. The van der Waals surface area contributed by atoms with Crippen LogP contribution in [0.25, 0.3) is 0 Å². The van der Waals surface area contributed by atoms with Crippen LogP contribution in [-0.2, 0) is 0 Å². The summed E-state index contributed by atoms with van der Waals surface area (Å²) in [6.07, 6.45) is 0. The summed E-state index contributed by atoms with van der Waals surface area (Å²) >= 11 is -2.28. The van der Waals surface area contributed by atoms with E-state index in [0.717, 1.165) is 0 Å². The van der Waals surface area contributed by atoms with Crippen LogP contribution < -0.4 is 0 Å². The van der Waals surface area contributed by atoms with Crippen LogP contribution in [0.15, 0.2) is 48.6 Å². The van der Waals surface area contributed by atoms with Gasteiger partial charge in [0, 0.05) is 0 Å². The Morgan fingerprint density at radius 1 is 0.588 bits per heavy atom. The molecule has 0 aromatic carbocycles. The van der Waals surface area contributed by atoms with E-state index in [1.807, 2.05) is 0 Å². The predicted molar refractivity (Wildman–Crippen MR) is 84.2 cm³/mol. The molecule has 0 nitrogen and oxygen atoms in total. The van der Waals surface area contributed by atoms with Crippen molar-refractivity contribution in [2.24, 2.45) is 0 Å². The molecule has 0 bridgehead atoms. The summed E-state index contributed by atoms with van der Waals surface area (Å²) in [5.74, 6) is 0. The third-order valence-electron chi connectivity index (χ3n) is 2.71. The van der Waals surface area contributed by atoms with Gasteiger partial charge in [-0.25, -0.2) is 0 Å². The third-order valence-corrected chi connectivity index (χ3v) is 18.2. The van der Waals surface area contributed by atoms with E-state index >= 15 is 0 Å². The van der Waals surface area contributed by atoms with Crippen LogP contribution in [0.5, 0.6) is 0 Å². The fraction of sp³-hybridized carbons (Fsp3) is 0.500. The van der Waals surface area contributed by atoms with Crippen molar-refractivity contribution in [2.45, 2.75) is 45.4 Å². The summed E-state index contributed by atoms with van der Waals surface area (Å²) in [4.78, 5) is 0. The van der Waals surface area contributed by atoms with Crippen molar-refractivity contribution in [1.82, 2.24) is 0 Å². The molecule has 0 spiro atoms. The molecule has 0 saturated carbocycles. The van der Waals surface area contributed by atoms with Crippen LogP contribution in [0.4, 0.5) is 0 Å². The van der Waals surface area contributed by atoms with Gasteiger partial charge < -0.3 is 0 Å². The van der Waals surface area contributed by atoms with Crippen molar-refractivity contribution < 1.29 is 0 Å². The Balaban J connectivity index is 5.16. The number of hydrogen-bond donors (Lipinski definition) is 0. The Kier molecular flexibility index (Phi) is 7.15. The van der Waals surface area contributed by atoms with Crippen LogP contribution >= 0.6 is 0 Å². The molecular weight excluding hydrogens is 311 g/mol. The standard InChI is InChI=1S/4C4H7.Sn/c4*1-4(2)3;/h4*1-2H2,3H3;. The molecular formula is C16H28Sn. The average Bonchev–Trinajstić information content (AvgIpc) is 1.95. The second-order valence-corrected chi connectivity index (χ2v) is 18.6. The number of hydrogen-bond acceptors (Lipinski definition) is 0. The van der Waals surface area contributed by atoms with Crippen molar-refractivity contribution in [2.75, 3.05) is 0 Å². The van der Waals surface area contributed by atoms with E-state index in [9.17, 15) is 0 Å². The van der Waals surface area contributed by atoms with Gasteiger partial charge >= 0.3 is 112 Å². The van der Waals surface area contributed by atoms with Crippen LogP contribution in [0, 0.1) is 0 Å². The van der Waals surface area contributed by atoms with Gasteiger partial charge in [-0.3, -0.25) is 0 Å². The minimum absolute atomic E-state index is 1.24. The summed E-state index contributed by atoms with van der Waals surface area (Å²) < 4.78 is 4.95. The van der Waals surface area contributed by atoms with E-state index in [1.165, 1.54) is 40.0 Å². The Hall–Kier alpha value is -0.241. The molecule has 0 heterocycles. The fourth-order valence-electron chi connectivity index (χ4n) is 2.94. The van der Waals surface area contributed by atoms with E-state index in [4.69, 9.17) is 0 Å². The first-order valence-electron chi connectivity index (χ1n) is 6.24. The zero-order valence-electron chi connectivity index (χ0n) is 12.2. The van der Waals surface area contributed by atoms with E-state index < -0.39 is 18.4 Å². The molecule has 0 unspecified atom stereocenters. The first-order valence-corrected chi connectivity index (χ1v) is 14.3. The molecule has 0 N–H and O–H groups in total. The molecule has 0 radical (unpaired) electrons. The minimum atomic E-state index is -2.28. The van der Waals surface area contributed by atoms with Crippen molar-refractivity contribution in [3.05, 3.63) is 48.6 Å². The number of allylic oxidation sites excluding steroid dienone is 4. The molecule has 0 fully saturated rings. The maximum atomic E-state index is 4.13. The summed E-state index contributed by atoms with van der Waals surface area (Å²) in [6.45, 7) is 25.1. The molecule has 96 valence electrons. The van der Waals surface area contributed by atoms with E-state index in [2.05, 4.69) is 54.0 Å². The van der Waals surface area contributed by atoms with Gasteiger partial charge in [0.1, 0.15) is 0 Å². The fourth-order valence-corrected chi connectivity index (χ4v) is 19.7. The molecule has 0 aliphatic heterocycles. The molecule has 0 aromatic heterocycles. The molecule has 0 rings (SSSR count). The third kappa shape index (κ3) is 7.64. The second kappa shape index (κ2) is 7.25. The van der Waals surface area contributed by atoms with Crippen LogP contribution in [0.3, 0.4) is 0 Å². The van der Waals surface area contributed by atoms with Gasteiger partial charge in [-0.2, -0.15) is 0 Å². The van der Waals surface area contributed by atoms with Gasteiger partial charge in [0.05, 0.1) is 0 Å². The summed E-state index contributed by atoms with van der Waals surface area (Å²) in [5.41, 5.74) is 5.29. The molecule has 0 amide bonds. The van der Waals surface area contributed by atoms with Gasteiger partial charge in [-0.1, -0.05) is 0 Å². The Bertz CT molecular complexity index is 264. The normalized spacial score (nSPS) is 11.1. The van der Waals surface area contributed by atoms with Crippen molar-refractivity contribution in [3.63, 3.8) is 0 Å². The monoisotopic (exact) mass is 340 g/mol. The predicted octanol–water partition coefficient (Wildman–Crippen LogP) is 5.74. The molecule has 0 aliphatic rings. The van der Waals surface area contributed by atoms with Crippen molar-refractivity contribution in [1.29, 1.82) is 0 Å². The number of rotatable bonds is 8. The molecule has 0 aromatic rings. The zero-order chi connectivity index (χ0) is 13.6. The topological polar surface area (TPSA) is 0 Å². The Morgan fingerprint density at radius 3 is 0.882 bits per heavy atom. The first kappa shape index (κ1) is 16.8. The summed E-state index contributed by atoms with van der Waals surface area (Å²) in [6, 6.07) is 0. The van der Waals surface area contributed by atoms with Gasteiger partial charge in [0.25, 0.3) is 0 Å². The molecule has 0 saturated heterocycles. The van der Waals surface area contributed by atoms with E-state index in [0.29, 0.717) is 0 Å². The van der Waals surface area contributed by atoms with Crippen molar-refractivity contribution in [3.8, 4) is 0 Å². The molecule has 0 aliphatic carbocycles. The van der Waals surface area contributed by atoms with Gasteiger partial charge in [0.15, 0.2) is 0 Å². The first-order chi connectivity index (χ1) is 7.67. The SMILES string of the molecule is C=C(C)[CH2][Sn]([CH2]C(=C)C)([CH2]C(=C)C)[CH2]C(=C)C. The van der Waals surface area contributed by atoms with Crippen LogP contribution in [0.1, 0.15) is 27.7 Å². The van der Waals surface area contributed by atoms with Crippen molar-refractivity contribution >= 4 is 18.4 Å². The van der Waals surface area contributed by atoms with E-state index in [-0.39, 0.29) is 0 Å². The Labute approximate surface area is 112 Å². The van der Waals surface area contributed by atoms with Gasteiger partial charge in [-0.05, 0) is 0 Å². The van der Waals surface area contributed by atoms with Crippen LogP contribution in [0.2, 0.25) is 17.7 Å². The average molecular weight is 339 g/mol. The Morgan fingerprint density at radius 2 is 0.765 bits per heavy atom. The quantitative estimate of drug-likeness (QED) is 0.391. The summed E-state index contributed by atoms with van der Waals surface area (Å²) in [5, 5.41) is 0. The van der Waals surface area contributed by atoms with E-state index in [1.54, 1.807) is 0 Å². The molecule has 0 atom stereocenters. The maximum absolute atomic E-state index is 4.13.